The van der Waals surface area contributed by atoms with Crippen LogP contribution in [0.25, 0.3) is 10.2 Å². The van der Waals surface area contributed by atoms with E-state index in [0.29, 0.717) is 22.3 Å². The summed E-state index contributed by atoms with van der Waals surface area (Å²) in [6.07, 6.45) is 0. The lowest BCUT2D eigenvalue weighted by Gasteiger charge is -2.01. The number of hydrogen-bond acceptors (Lipinski definition) is 3. The summed E-state index contributed by atoms with van der Waals surface area (Å²) in [5.74, 6) is -4.45. The number of rotatable bonds is 2. The number of fused-ring (bicyclic) bond motifs is 1. The number of nitrogens with zero attached hydrogens (tertiary/aromatic N) is 1. The molecule has 0 bridgehead atoms. The fraction of sp³-hybridized carbons (Fsp3) is 0. The van der Waals surface area contributed by atoms with Gasteiger partial charge in [0, 0.05) is 16.6 Å². The maximum atomic E-state index is 13.6. The average Bonchev–Trinajstić information content (AvgIpc) is 2.80. The first-order chi connectivity index (χ1) is 9.95. The molecule has 0 atom stereocenters. The van der Waals surface area contributed by atoms with Gasteiger partial charge in [0.1, 0.15) is 17.5 Å². The Bertz CT molecular complexity index is 855. The zero-order chi connectivity index (χ0) is 15.1. The number of hydrogen-bond donors (Lipinski definition) is 0. The molecule has 0 aliphatic carbocycles. The Morgan fingerprint density at radius 2 is 1.76 bits per heavy atom. The molecule has 0 radical (unpaired) electrons. The second-order valence-electron chi connectivity index (χ2n) is 4.20. The van der Waals surface area contributed by atoms with Crippen LogP contribution in [0.2, 0.25) is 0 Å². The van der Waals surface area contributed by atoms with Crippen molar-refractivity contribution in [2.75, 3.05) is 0 Å². The highest BCUT2D eigenvalue weighted by atomic mass is 79.9. The van der Waals surface area contributed by atoms with E-state index in [1.807, 2.05) is 0 Å². The predicted molar refractivity (Wildman–Crippen MR) is 77.1 cm³/mol. The van der Waals surface area contributed by atoms with Crippen LogP contribution in [-0.4, -0.2) is 10.8 Å². The van der Waals surface area contributed by atoms with Gasteiger partial charge in [-0.2, -0.15) is 0 Å². The van der Waals surface area contributed by atoms with Crippen LogP contribution in [-0.2, 0) is 0 Å². The number of halogens is 4. The molecule has 106 valence electrons. The van der Waals surface area contributed by atoms with Crippen LogP contribution in [0.5, 0.6) is 0 Å². The molecule has 0 N–H and O–H groups in total. The van der Waals surface area contributed by atoms with E-state index in [4.69, 9.17) is 0 Å². The van der Waals surface area contributed by atoms with Gasteiger partial charge >= 0.3 is 0 Å². The largest absolute Gasteiger partial charge is 0.286 e. The van der Waals surface area contributed by atoms with Crippen LogP contribution in [0.1, 0.15) is 15.4 Å². The Kier molecular flexibility index (Phi) is 3.54. The maximum absolute atomic E-state index is 13.6. The number of benzene rings is 2. The van der Waals surface area contributed by atoms with Gasteiger partial charge in [-0.15, -0.1) is 11.3 Å². The molecule has 1 aromatic heterocycles. The number of aromatic nitrogens is 1. The summed E-state index contributed by atoms with van der Waals surface area (Å²) in [4.78, 5) is 16.2. The highest BCUT2D eigenvalue weighted by Crippen LogP contribution is 2.28. The van der Waals surface area contributed by atoms with Crippen LogP contribution in [0, 0.1) is 17.5 Å². The van der Waals surface area contributed by atoms with Crippen molar-refractivity contribution in [3.8, 4) is 0 Å². The molecular formula is C14H5BrF3NOS. The van der Waals surface area contributed by atoms with Crippen molar-refractivity contribution in [1.29, 1.82) is 0 Å². The molecule has 0 saturated heterocycles. The van der Waals surface area contributed by atoms with E-state index in [1.165, 1.54) is 0 Å². The number of ketones is 1. The Morgan fingerprint density at radius 1 is 1.10 bits per heavy atom. The molecule has 2 nitrogen and oxygen atoms in total. The molecule has 7 heteroatoms. The monoisotopic (exact) mass is 371 g/mol. The standard InChI is InChI=1S/C14H5BrF3NOS/c15-6-1-2-10-11(3-6)21-14(19-10)13(20)12-8(17)4-7(16)5-9(12)18/h1-5H. The summed E-state index contributed by atoms with van der Waals surface area (Å²) in [7, 11) is 0. The Morgan fingerprint density at radius 3 is 2.43 bits per heavy atom. The van der Waals surface area contributed by atoms with E-state index in [-0.39, 0.29) is 5.01 Å². The predicted octanol–water partition coefficient (Wildman–Crippen LogP) is 4.71. The minimum atomic E-state index is -1.24. The van der Waals surface area contributed by atoms with Crippen molar-refractivity contribution >= 4 is 43.3 Å². The molecule has 0 spiro atoms. The number of carbonyl (C=O) groups excluding carboxylic acids is 1. The third-order valence-electron chi connectivity index (χ3n) is 2.78. The first kappa shape index (κ1) is 14.2. The first-order valence-corrected chi connectivity index (χ1v) is 7.32. The average molecular weight is 372 g/mol. The van der Waals surface area contributed by atoms with Crippen molar-refractivity contribution in [2.45, 2.75) is 0 Å². The lowest BCUT2D eigenvalue weighted by atomic mass is 10.1. The minimum absolute atomic E-state index is 0.0486. The molecule has 2 aromatic carbocycles. The van der Waals surface area contributed by atoms with E-state index in [1.54, 1.807) is 18.2 Å². The number of thiazole rings is 1. The van der Waals surface area contributed by atoms with Crippen molar-refractivity contribution in [1.82, 2.24) is 4.98 Å². The second-order valence-corrected chi connectivity index (χ2v) is 6.15. The summed E-state index contributed by atoms with van der Waals surface area (Å²) < 4.78 is 41.7. The topological polar surface area (TPSA) is 30.0 Å². The number of carbonyl (C=O) groups is 1. The van der Waals surface area contributed by atoms with Crippen molar-refractivity contribution < 1.29 is 18.0 Å². The van der Waals surface area contributed by atoms with E-state index in [9.17, 15) is 18.0 Å². The van der Waals surface area contributed by atoms with Gasteiger partial charge in [0.15, 0.2) is 5.01 Å². The summed E-state index contributed by atoms with van der Waals surface area (Å²) in [5, 5.41) is -0.0486. The molecule has 1 heterocycles. The second kappa shape index (κ2) is 5.23. The first-order valence-electron chi connectivity index (χ1n) is 5.71. The molecular weight excluding hydrogens is 367 g/mol. The molecule has 3 aromatic rings. The molecule has 21 heavy (non-hydrogen) atoms. The molecule has 0 aliphatic rings. The van der Waals surface area contributed by atoms with Gasteiger partial charge in [0.25, 0.3) is 0 Å². The van der Waals surface area contributed by atoms with Gasteiger partial charge in [-0.1, -0.05) is 15.9 Å². The lowest BCUT2D eigenvalue weighted by Crippen LogP contribution is -2.07. The third kappa shape index (κ3) is 2.58. The third-order valence-corrected chi connectivity index (χ3v) is 4.29. The van der Waals surface area contributed by atoms with Gasteiger partial charge in [-0.25, -0.2) is 18.2 Å². The summed E-state index contributed by atoms with van der Waals surface area (Å²) in [6, 6.07) is 6.13. The lowest BCUT2D eigenvalue weighted by molar-refractivity contribution is 0.103. The van der Waals surface area contributed by atoms with Crippen LogP contribution in [0.15, 0.2) is 34.8 Å². The molecule has 0 unspecified atom stereocenters. The van der Waals surface area contributed by atoms with Crippen LogP contribution >= 0.6 is 27.3 Å². The minimum Gasteiger partial charge on any atom is -0.286 e. The molecule has 3 rings (SSSR count). The maximum Gasteiger partial charge on any atom is 0.227 e. The smallest absolute Gasteiger partial charge is 0.227 e. The summed E-state index contributed by atoms with van der Waals surface area (Å²) in [5.41, 5.74) is -0.246. The summed E-state index contributed by atoms with van der Waals surface area (Å²) >= 11 is 4.31. The van der Waals surface area contributed by atoms with E-state index in [0.717, 1.165) is 15.8 Å². The quantitative estimate of drug-likeness (QED) is 0.610. The highest BCUT2D eigenvalue weighted by Gasteiger charge is 2.23. The van der Waals surface area contributed by atoms with E-state index >= 15 is 0 Å². The zero-order valence-corrected chi connectivity index (χ0v) is 12.6. The Hall–Kier alpha value is -1.73. The molecule has 0 saturated carbocycles. The Balaban J connectivity index is 2.12. The van der Waals surface area contributed by atoms with Gasteiger partial charge in [-0.3, -0.25) is 4.79 Å². The van der Waals surface area contributed by atoms with E-state index < -0.39 is 28.8 Å². The highest BCUT2D eigenvalue weighted by molar-refractivity contribution is 9.10. The van der Waals surface area contributed by atoms with Crippen LogP contribution in [0.3, 0.4) is 0 Å². The van der Waals surface area contributed by atoms with Crippen molar-refractivity contribution in [3.63, 3.8) is 0 Å². The molecule has 0 amide bonds. The fourth-order valence-electron chi connectivity index (χ4n) is 1.86. The zero-order valence-electron chi connectivity index (χ0n) is 10.2. The molecule has 0 aliphatic heterocycles. The van der Waals surface area contributed by atoms with Gasteiger partial charge in [0.2, 0.25) is 5.78 Å². The normalized spacial score (nSPS) is 11.0. The van der Waals surface area contributed by atoms with Gasteiger partial charge < -0.3 is 0 Å². The SMILES string of the molecule is O=C(c1nc2ccc(Br)cc2s1)c1c(F)cc(F)cc1F. The molecule has 0 fully saturated rings. The van der Waals surface area contributed by atoms with Crippen molar-refractivity contribution in [3.05, 3.63) is 62.8 Å². The van der Waals surface area contributed by atoms with E-state index in [2.05, 4.69) is 20.9 Å². The van der Waals surface area contributed by atoms with Crippen LogP contribution < -0.4 is 0 Å². The summed E-state index contributed by atoms with van der Waals surface area (Å²) in [6.45, 7) is 0. The fourth-order valence-corrected chi connectivity index (χ4v) is 3.33. The van der Waals surface area contributed by atoms with Crippen LogP contribution in [0.4, 0.5) is 13.2 Å². The van der Waals surface area contributed by atoms with Gasteiger partial charge in [0.05, 0.1) is 15.8 Å². The Labute approximate surface area is 129 Å². The van der Waals surface area contributed by atoms with Gasteiger partial charge in [-0.05, 0) is 18.2 Å². The van der Waals surface area contributed by atoms with Crippen molar-refractivity contribution in [2.24, 2.45) is 0 Å².